The lowest BCUT2D eigenvalue weighted by Gasteiger charge is -2.20. The second kappa shape index (κ2) is 8.85. The number of benzene rings is 2. The zero-order chi connectivity index (χ0) is 21.1. The lowest BCUT2D eigenvalue weighted by Crippen LogP contribution is -2.32. The van der Waals surface area contributed by atoms with Crippen molar-refractivity contribution in [3.63, 3.8) is 0 Å². The Kier molecular flexibility index (Phi) is 6.01. The van der Waals surface area contributed by atoms with Crippen molar-refractivity contribution < 1.29 is 14.2 Å². The Morgan fingerprint density at radius 1 is 1.03 bits per heavy atom. The average molecular weight is 425 g/mol. The van der Waals surface area contributed by atoms with E-state index in [1.807, 2.05) is 62.4 Å². The summed E-state index contributed by atoms with van der Waals surface area (Å²) in [4.78, 5) is 14.2. The molecule has 4 rings (SSSR count). The first-order chi connectivity index (χ1) is 14.5. The summed E-state index contributed by atoms with van der Waals surface area (Å²) in [5.41, 5.74) is 2.11. The average Bonchev–Trinajstić information content (AvgIpc) is 3.11. The number of aromatic amines is 1. The van der Waals surface area contributed by atoms with E-state index in [-0.39, 0.29) is 24.0 Å². The quantitative estimate of drug-likeness (QED) is 0.597. The van der Waals surface area contributed by atoms with E-state index in [1.165, 1.54) is 17.2 Å². The van der Waals surface area contributed by atoms with Crippen molar-refractivity contribution in [1.82, 2.24) is 9.55 Å². The van der Waals surface area contributed by atoms with Gasteiger partial charge in [-0.3, -0.25) is 14.3 Å². The van der Waals surface area contributed by atoms with Crippen molar-refractivity contribution >= 4 is 12.2 Å². The molecule has 1 aliphatic rings. The van der Waals surface area contributed by atoms with Crippen LogP contribution in [-0.2, 0) is 4.74 Å². The minimum absolute atomic E-state index is 0.225. The van der Waals surface area contributed by atoms with E-state index in [4.69, 9.17) is 26.4 Å². The number of rotatable bonds is 6. The Morgan fingerprint density at radius 2 is 1.67 bits per heavy atom. The van der Waals surface area contributed by atoms with E-state index in [0.29, 0.717) is 17.8 Å². The van der Waals surface area contributed by atoms with Gasteiger partial charge < -0.3 is 14.2 Å². The van der Waals surface area contributed by atoms with Gasteiger partial charge in [0, 0.05) is 18.7 Å². The fourth-order valence-electron chi connectivity index (χ4n) is 3.40. The molecule has 2 aromatic carbocycles. The lowest BCUT2D eigenvalue weighted by atomic mass is 10.1. The highest BCUT2D eigenvalue weighted by atomic mass is 32.1. The maximum Gasteiger partial charge on any atom is 0.251 e. The molecule has 0 unspecified atom stereocenters. The second-order valence-corrected chi connectivity index (χ2v) is 7.86. The molecule has 3 atom stereocenters. The van der Waals surface area contributed by atoms with E-state index >= 15 is 0 Å². The number of nitrogens with one attached hydrogen (secondary N) is 1. The first-order valence-electron chi connectivity index (χ1n) is 9.88. The van der Waals surface area contributed by atoms with Gasteiger partial charge in [-0.25, -0.2) is 0 Å². The van der Waals surface area contributed by atoms with E-state index in [0.717, 1.165) is 11.5 Å². The van der Waals surface area contributed by atoms with Crippen LogP contribution in [-0.4, -0.2) is 28.4 Å². The SMILES string of the molecule is Cc1ccc(OC[C@H]2O[C@@H](n3ccc(=O)[nH]c3=S)C[C@@H]2Oc2ccc(C)cc2)cc1. The van der Waals surface area contributed by atoms with Crippen LogP contribution in [0.2, 0.25) is 0 Å². The number of aryl methyl sites for hydroxylation is 2. The molecule has 0 radical (unpaired) electrons. The van der Waals surface area contributed by atoms with Gasteiger partial charge in [-0.1, -0.05) is 35.4 Å². The Hall–Kier alpha value is -2.90. The van der Waals surface area contributed by atoms with Crippen molar-refractivity contribution in [2.45, 2.75) is 38.7 Å². The summed E-state index contributed by atoms with van der Waals surface area (Å²) in [6, 6.07) is 17.3. The standard InChI is InChI=1S/C23H24N2O4S/c1-15-3-7-17(8-4-15)27-14-20-19(28-18-9-5-16(2)6-10-18)13-22(29-20)25-12-11-21(26)24-23(25)30/h3-12,19-20,22H,13-14H2,1-2H3,(H,24,26,30)/t19-,20+,22+/m0/s1. The number of ether oxygens (including phenoxy) is 3. The zero-order valence-electron chi connectivity index (χ0n) is 16.9. The van der Waals surface area contributed by atoms with Crippen LogP contribution in [0, 0.1) is 18.6 Å². The molecule has 7 heteroatoms. The predicted octanol–water partition coefficient (Wildman–Crippen LogP) is 4.34. The summed E-state index contributed by atoms with van der Waals surface area (Å²) >= 11 is 5.31. The molecule has 1 aromatic heterocycles. The molecule has 0 aliphatic carbocycles. The third kappa shape index (κ3) is 4.80. The molecule has 30 heavy (non-hydrogen) atoms. The topological polar surface area (TPSA) is 65.5 Å². The molecule has 1 N–H and O–H groups in total. The van der Waals surface area contributed by atoms with Gasteiger partial charge in [0.2, 0.25) is 0 Å². The number of aromatic nitrogens is 2. The van der Waals surface area contributed by atoms with Crippen LogP contribution in [0.4, 0.5) is 0 Å². The highest BCUT2D eigenvalue weighted by molar-refractivity contribution is 7.71. The van der Waals surface area contributed by atoms with Crippen molar-refractivity contribution in [3.05, 3.63) is 87.0 Å². The normalized spacial score (nSPS) is 20.8. The Balaban J connectivity index is 1.53. The maximum atomic E-state index is 11.5. The molecule has 0 spiro atoms. The van der Waals surface area contributed by atoms with Crippen molar-refractivity contribution in [2.75, 3.05) is 6.61 Å². The highest BCUT2D eigenvalue weighted by Crippen LogP contribution is 2.32. The Bertz CT molecular complexity index is 1110. The minimum Gasteiger partial charge on any atom is -0.491 e. The number of nitrogens with zero attached hydrogens (tertiary/aromatic N) is 1. The summed E-state index contributed by atoms with van der Waals surface area (Å²) in [7, 11) is 0. The number of H-pyrrole nitrogens is 1. The molecule has 1 saturated heterocycles. The van der Waals surface area contributed by atoms with Gasteiger partial charge in [0.1, 0.15) is 36.5 Å². The van der Waals surface area contributed by atoms with Crippen LogP contribution in [0.25, 0.3) is 0 Å². The minimum atomic E-state index is -0.351. The largest absolute Gasteiger partial charge is 0.491 e. The summed E-state index contributed by atoms with van der Waals surface area (Å²) in [6.45, 7) is 4.41. The molecule has 1 aliphatic heterocycles. The monoisotopic (exact) mass is 424 g/mol. The van der Waals surface area contributed by atoms with Gasteiger partial charge in [-0.2, -0.15) is 0 Å². The summed E-state index contributed by atoms with van der Waals surface area (Å²) < 4.78 is 20.5. The third-order valence-corrected chi connectivity index (χ3v) is 5.40. The highest BCUT2D eigenvalue weighted by Gasteiger charge is 2.38. The maximum absolute atomic E-state index is 11.5. The van der Waals surface area contributed by atoms with Gasteiger partial charge in [0.05, 0.1) is 0 Å². The van der Waals surface area contributed by atoms with Crippen molar-refractivity contribution in [3.8, 4) is 11.5 Å². The molecule has 2 heterocycles. The number of hydrogen-bond donors (Lipinski definition) is 1. The lowest BCUT2D eigenvalue weighted by molar-refractivity contribution is -0.0365. The van der Waals surface area contributed by atoms with Gasteiger partial charge in [0.25, 0.3) is 5.56 Å². The van der Waals surface area contributed by atoms with E-state index in [9.17, 15) is 4.79 Å². The predicted molar refractivity (Wildman–Crippen MR) is 117 cm³/mol. The zero-order valence-corrected chi connectivity index (χ0v) is 17.7. The summed E-state index contributed by atoms with van der Waals surface area (Å²) in [5, 5.41) is 0. The van der Waals surface area contributed by atoms with Crippen LogP contribution >= 0.6 is 12.2 Å². The van der Waals surface area contributed by atoms with Crippen LogP contribution in [0.15, 0.2) is 65.6 Å². The molecule has 3 aromatic rings. The third-order valence-electron chi connectivity index (χ3n) is 5.09. The molecular weight excluding hydrogens is 400 g/mol. The number of hydrogen-bond acceptors (Lipinski definition) is 5. The first kappa shape index (κ1) is 20.4. The second-order valence-electron chi connectivity index (χ2n) is 7.48. The molecule has 6 nitrogen and oxygen atoms in total. The molecule has 0 amide bonds. The fraction of sp³-hybridized carbons (Fsp3) is 0.304. The van der Waals surface area contributed by atoms with Crippen LogP contribution < -0.4 is 15.0 Å². The van der Waals surface area contributed by atoms with Gasteiger partial charge >= 0.3 is 0 Å². The fourth-order valence-corrected chi connectivity index (χ4v) is 3.68. The van der Waals surface area contributed by atoms with Crippen LogP contribution in [0.5, 0.6) is 11.5 Å². The molecule has 0 bridgehead atoms. The molecule has 1 fully saturated rings. The van der Waals surface area contributed by atoms with E-state index < -0.39 is 0 Å². The first-order valence-corrected chi connectivity index (χ1v) is 10.3. The van der Waals surface area contributed by atoms with Crippen molar-refractivity contribution in [1.29, 1.82) is 0 Å². The smallest absolute Gasteiger partial charge is 0.251 e. The molecule has 156 valence electrons. The van der Waals surface area contributed by atoms with E-state index in [2.05, 4.69) is 4.98 Å². The summed E-state index contributed by atoms with van der Waals surface area (Å²) in [5.74, 6) is 1.56. The van der Waals surface area contributed by atoms with Crippen molar-refractivity contribution in [2.24, 2.45) is 0 Å². The Labute approximate surface area is 180 Å². The van der Waals surface area contributed by atoms with E-state index in [1.54, 1.807) is 10.8 Å². The molecular formula is C23H24N2O4S. The van der Waals surface area contributed by atoms with Crippen LogP contribution in [0.3, 0.4) is 0 Å². The van der Waals surface area contributed by atoms with Gasteiger partial charge in [0.15, 0.2) is 4.77 Å². The van der Waals surface area contributed by atoms with Gasteiger partial charge in [-0.15, -0.1) is 0 Å². The summed E-state index contributed by atoms with van der Waals surface area (Å²) in [6.07, 6.45) is 1.36. The Morgan fingerprint density at radius 3 is 2.30 bits per heavy atom. The van der Waals surface area contributed by atoms with Crippen LogP contribution in [0.1, 0.15) is 23.8 Å². The molecule has 0 saturated carbocycles. The van der Waals surface area contributed by atoms with Gasteiger partial charge in [-0.05, 0) is 50.3 Å².